The number of amides is 1. The molecule has 1 N–H and O–H groups in total. The largest absolute Gasteiger partial charge is 0.448 e. The smallest absolute Gasteiger partial charge is 0.287 e. The topological polar surface area (TPSA) is 42.2 Å². The van der Waals surface area contributed by atoms with E-state index in [4.69, 9.17) is 4.42 Å². The molecule has 0 radical (unpaired) electrons. The number of nitrogens with one attached hydrogen (secondary N) is 1. The van der Waals surface area contributed by atoms with Crippen LogP contribution in [0.2, 0.25) is 0 Å². The number of carbonyl (C=O) groups excluding carboxylic acids is 1. The average molecular weight is 263 g/mol. The van der Waals surface area contributed by atoms with Gasteiger partial charge < -0.3 is 9.73 Å². The van der Waals surface area contributed by atoms with Gasteiger partial charge in [0.25, 0.3) is 5.91 Å². The fraction of sp³-hybridized carbons (Fsp3) is 0.400. The molecule has 1 aromatic heterocycles. The van der Waals surface area contributed by atoms with Crippen molar-refractivity contribution in [2.45, 2.75) is 39.7 Å². The summed E-state index contributed by atoms with van der Waals surface area (Å²) in [6, 6.07) is 4.68. The van der Waals surface area contributed by atoms with Gasteiger partial charge in [0, 0.05) is 16.5 Å². The summed E-state index contributed by atoms with van der Waals surface area (Å²) >= 11 is 0. The summed E-state index contributed by atoms with van der Waals surface area (Å²) in [7, 11) is 0. The Bertz CT molecular complexity index is 628. The molecule has 2 rings (SSSR count). The van der Waals surface area contributed by atoms with E-state index in [1.807, 2.05) is 20.8 Å². The molecule has 1 amide bonds. The van der Waals surface area contributed by atoms with Gasteiger partial charge >= 0.3 is 0 Å². The first kappa shape index (κ1) is 13.6. The molecule has 4 heteroatoms. The molecule has 1 heterocycles. The molecule has 0 bridgehead atoms. The molecule has 0 saturated heterocycles. The van der Waals surface area contributed by atoms with Crippen LogP contribution in [0.4, 0.5) is 4.39 Å². The Morgan fingerprint density at radius 2 is 2.11 bits per heavy atom. The number of hydrogen-bond acceptors (Lipinski definition) is 2. The predicted molar refractivity (Wildman–Crippen MR) is 72.7 cm³/mol. The second-order valence-corrected chi connectivity index (χ2v) is 5.36. The average Bonchev–Trinajstić information content (AvgIpc) is 2.68. The van der Waals surface area contributed by atoms with Crippen LogP contribution in [0.25, 0.3) is 11.0 Å². The molecule has 2 aromatic rings. The first-order chi connectivity index (χ1) is 8.85. The second kappa shape index (κ2) is 4.68. The van der Waals surface area contributed by atoms with Crippen molar-refractivity contribution in [1.29, 1.82) is 0 Å². The van der Waals surface area contributed by atoms with Crippen LogP contribution >= 0.6 is 0 Å². The van der Waals surface area contributed by atoms with Crippen molar-refractivity contribution in [2.24, 2.45) is 0 Å². The zero-order valence-corrected chi connectivity index (χ0v) is 11.6. The van der Waals surface area contributed by atoms with Crippen LogP contribution in [0.3, 0.4) is 0 Å². The Morgan fingerprint density at radius 1 is 1.42 bits per heavy atom. The Morgan fingerprint density at radius 3 is 2.68 bits per heavy atom. The maximum atomic E-state index is 13.6. The molecule has 0 aliphatic rings. The van der Waals surface area contributed by atoms with E-state index in [-0.39, 0.29) is 22.8 Å². The van der Waals surface area contributed by atoms with Crippen molar-refractivity contribution in [3.63, 3.8) is 0 Å². The Kier molecular flexibility index (Phi) is 3.35. The first-order valence-corrected chi connectivity index (χ1v) is 6.36. The molecule has 1 aromatic carbocycles. The lowest BCUT2D eigenvalue weighted by molar-refractivity contribution is 0.0884. The summed E-state index contributed by atoms with van der Waals surface area (Å²) in [5, 5.41) is 3.53. The summed E-state index contributed by atoms with van der Waals surface area (Å²) in [6.45, 7) is 7.62. The lowest BCUT2D eigenvalue weighted by Crippen LogP contribution is -2.42. The van der Waals surface area contributed by atoms with E-state index >= 15 is 0 Å². The van der Waals surface area contributed by atoms with Crippen LogP contribution in [-0.4, -0.2) is 11.4 Å². The Hall–Kier alpha value is -1.84. The van der Waals surface area contributed by atoms with Gasteiger partial charge in [0.2, 0.25) is 0 Å². The van der Waals surface area contributed by atoms with E-state index < -0.39 is 5.82 Å². The second-order valence-electron chi connectivity index (χ2n) is 5.36. The van der Waals surface area contributed by atoms with Crippen molar-refractivity contribution >= 4 is 16.9 Å². The van der Waals surface area contributed by atoms with E-state index in [2.05, 4.69) is 5.32 Å². The molecule has 0 spiro atoms. The molecular formula is C15H18FNO2. The van der Waals surface area contributed by atoms with Crippen molar-refractivity contribution in [1.82, 2.24) is 5.32 Å². The number of carbonyl (C=O) groups is 1. The van der Waals surface area contributed by atoms with E-state index in [1.54, 1.807) is 19.1 Å². The van der Waals surface area contributed by atoms with Gasteiger partial charge in [-0.3, -0.25) is 4.79 Å². The number of para-hydroxylation sites is 1. The third kappa shape index (κ3) is 2.48. The Labute approximate surface area is 111 Å². The van der Waals surface area contributed by atoms with E-state index in [9.17, 15) is 9.18 Å². The highest BCUT2D eigenvalue weighted by molar-refractivity contribution is 5.99. The maximum absolute atomic E-state index is 13.6. The van der Waals surface area contributed by atoms with Crippen LogP contribution in [0.15, 0.2) is 22.6 Å². The normalized spacial score (nSPS) is 11.8. The minimum atomic E-state index is -0.450. The number of benzene rings is 1. The van der Waals surface area contributed by atoms with Gasteiger partial charge in [-0.25, -0.2) is 4.39 Å². The van der Waals surface area contributed by atoms with Gasteiger partial charge in [-0.15, -0.1) is 0 Å². The highest BCUT2D eigenvalue weighted by atomic mass is 19.1. The lowest BCUT2D eigenvalue weighted by atomic mass is 10.0. The number of furan rings is 1. The molecule has 0 unspecified atom stereocenters. The number of aryl methyl sites for hydroxylation is 1. The van der Waals surface area contributed by atoms with Crippen LogP contribution in [0.1, 0.15) is 43.3 Å². The molecule has 19 heavy (non-hydrogen) atoms. The van der Waals surface area contributed by atoms with E-state index in [0.29, 0.717) is 10.9 Å². The molecule has 0 aliphatic carbocycles. The lowest BCUT2D eigenvalue weighted by Gasteiger charge is -2.23. The number of fused-ring (bicyclic) bond motifs is 1. The van der Waals surface area contributed by atoms with Gasteiger partial charge in [0.15, 0.2) is 17.2 Å². The molecular weight excluding hydrogens is 245 g/mol. The molecule has 0 saturated carbocycles. The fourth-order valence-corrected chi connectivity index (χ4v) is 1.88. The SMILES string of the molecule is CCC(C)(C)NC(=O)c1oc2c(F)cccc2c1C. The highest BCUT2D eigenvalue weighted by Gasteiger charge is 2.24. The summed E-state index contributed by atoms with van der Waals surface area (Å²) < 4.78 is 19.0. The number of hydrogen-bond donors (Lipinski definition) is 1. The van der Waals surface area contributed by atoms with Gasteiger partial charge in [-0.1, -0.05) is 19.1 Å². The van der Waals surface area contributed by atoms with E-state index in [0.717, 1.165) is 6.42 Å². The fourth-order valence-electron chi connectivity index (χ4n) is 1.88. The predicted octanol–water partition coefficient (Wildman–Crippen LogP) is 3.80. The number of halogens is 1. The van der Waals surface area contributed by atoms with Gasteiger partial charge in [0.05, 0.1) is 0 Å². The van der Waals surface area contributed by atoms with Crippen LogP contribution < -0.4 is 5.32 Å². The Balaban J connectivity index is 2.44. The maximum Gasteiger partial charge on any atom is 0.287 e. The standard InChI is InChI=1S/C15H18FNO2/c1-5-15(3,4)17-14(18)12-9(2)10-7-6-8-11(16)13(10)19-12/h6-8H,5H2,1-4H3,(H,17,18). The molecule has 102 valence electrons. The zero-order chi connectivity index (χ0) is 14.2. The minimum absolute atomic E-state index is 0.138. The van der Waals surface area contributed by atoms with Crippen LogP contribution in [0, 0.1) is 12.7 Å². The van der Waals surface area contributed by atoms with Gasteiger partial charge in [-0.05, 0) is 33.3 Å². The zero-order valence-electron chi connectivity index (χ0n) is 11.6. The monoisotopic (exact) mass is 263 g/mol. The molecule has 3 nitrogen and oxygen atoms in total. The summed E-state index contributed by atoms with van der Waals surface area (Å²) in [5.74, 6) is -0.573. The van der Waals surface area contributed by atoms with Crippen molar-refractivity contribution < 1.29 is 13.6 Å². The van der Waals surface area contributed by atoms with Crippen molar-refractivity contribution in [3.05, 3.63) is 35.3 Å². The quantitative estimate of drug-likeness (QED) is 0.915. The summed E-state index contributed by atoms with van der Waals surface area (Å²) in [5.41, 5.74) is 0.486. The minimum Gasteiger partial charge on any atom is -0.448 e. The third-order valence-electron chi connectivity index (χ3n) is 3.46. The van der Waals surface area contributed by atoms with Gasteiger partial charge in [-0.2, -0.15) is 0 Å². The highest BCUT2D eigenvalue weighted by Crippen LogP contribution is 2.27. The third-order valence-corrected chi connectivity index (χ3v) is 3.46. The van der Waals surface area contributed by atoms with Crippen LogP contribution in [-0.2, 0) is 0 Å². The molecule has 0 aliphatic heterocycles. The first-order valence-electron chi connectivity index (χ1n) is 6.36. The van der Waals surface area contributed by atoms with E-state index in [1.165, 1.54) is 6.07 Å². The summed E-state index contributed by atoms with van der Waals surface area (Å²) in [4.78, 5) is 12.2. The van der Waals surface area contributed by atoms with Crippen LogP contribution in [0.5, 0.6) is 0 Å². The summed E-state index contributed by atoms with van der Waals surface area (Å²) in [6.07, 6.45) is 0.798. The molecule has 0 fully saturated rings. The van der Waals surface area contributed by atoms with Crippen molar-refractivity contribution in [2.75, 3.05) is 0 Å². The van der Waals surface area contributed by atoms with Crippen molar-refractivity contribution in [3.8, 4) is 0 Å². The molecule has 0 atom stereocenters. The van der Waals surface area contributed by atoms with Gasteiger partial charge in [0.1, 0.15) is 0 Å². The number of rotatable bonds is 3.